The first-order valence-corrected chi connectivity index (χ1v) is 19.8. The van der Waals surface area contributed by atoms with Crippen molar-refractivity contribution in [1.29, 1.82) is 0 Å². The first kappa shape index (κ1) is 35.2. The Morgan fingerprint density at radius 3 is 2.15 bits per heavy atom. The first-order chi connectivity index (χ1) is 22.5. The van der Waals surface area contributed by atoms with E-state index in [1.54, 1.807) is 6.20 Å². The van der Waals surface area contributed by atoms with E-state index < -0.39 is 8.07 Å². The molecule has 0 atom stereocenters. The summed E-state index contributed by atoms with van der Waals surface area (Å²) in [6.07, 6.45) is 5.00. The zero-order chi connectivity index (χ0) is 33.2. The van der Waals surface area contributed by atoms with Gasteiger partial charge in [0.05, 0.1) is 13.7 Å². The van der Waals surface area contributed by atoms with Gasteiger partial charge < -0.3 is 14.4 Å². The maximum atomic E-state index is 6.25. The van der Waals surface area contributed by atoms with Gasteiger partial charge in [-0.15, -0.1) is 54.1 Å². The Kier molecular flexibility index (Phi) is 10.6. The molecule has 48 heavy (non-hydrogen) atoms. The smallest absolute Gasteiger partial charge is 0.121 e. The third-order valence-corrected chi connectivity index (χ3v) is 10.3. The predicted octanol–water partition coefficient (Wildman–Crippen LogP) is 11.1. The van der Waals surface area contributed by atoms with Gasteiger partial charge in [0.15, 0.2) is 0 Å². The molecule has 245 valence electrons. The summed E-state index contributed by atoms with van der Waals surface area (Å²) in [5.74, 6) is 0. The number of furan rings is 1. The Bertz CT molecular complexity index is 2130. The minimum absolute atomic E-state index is 0. The molecule has 0 unspecified atom stereocenters. The third kappa shape index (κ3) is 8.10. The second-order valence-electron chi connectivity index (χ2n) is 14.5. The molecule has 0 aliphatic carbocycles. The van der Waals surface area contributed by atoms with Crippen molar-refractivity contribution in [3.8, 4) is 33.6 Å². The molecular weight excluding hydrogens is 781 g/mol. The van der Waals surface area contributed by atoms with Crippen LogP contribution in [0.5, 0.6) is 0 Å². The molecule has 7 aromatic rings. The van der Waals surface area contributed by atoms with E-state index >= 15 is 0 Å². The van der Waals surface area contributed by atoms with Crippen molar-refractivity contribution >= 4 is 35.2 Å². The molecule has 0 spiro atoms. The normalized spacial score (nSPS) is 11.6. The summed E-state index contributed by atoms with van der Waals surface area (Å²) < 4.78 is 6.25. The predicted molar refractivity (Wildman–Crippen MR) is 201 cm³/mol. The third-order valence-electron chi connectivity index (χ3n) is 8.24. The molecule has 0 fully saturated rings. The van der Waals surface area contributed by atoms with Crippen molar-refractivity contribution in [3.05, 3.63) is 139 Å². The number of benzene rings is 4. The maximum Gasteiger partial charge on any atom is 0.121 e. The zero-order valence-corrected chi connectivity index (χ0v) is 32.2. The van der Waals surface area contributed by atoms with Gasteiger partial charge in [0.2, 0.25) is 0 Å². The van der Waals surface area contributed by atoms with Crippen LogP contribution in [0.25, 0.3) is 55.6 Å². The zero-order valence-electron chi connectivity index (χ0n) is 28.8. The molecule has 0 aliphatic heterocycles. The van der Waals surface area contributed by atoms with Gasteiger partial charge in [0, 0.05) is 37.9 Å². The van der Waals surface area contributed by atoms with E-state index in [0.717, 1.165) is 56.4 Å². The van der Waals surface area contributed by atoms with Gasteiger partial charge in [0.25, 0.3) is 0 Å². The minimum Gasteiger partial charge on any atom is -0.501 e. The topological polar surface area (TPSA) is 38.9 Å². The summed E-state index contributed by atoms with van der Waals surface area (Å²) >= 11 is 0. The van der Waals surface area contributed by atoms with Crippen molar-refractivity contribution in [2.75, 3.05) is 0 Å². The molecule has 3 heterocycles. The van der Waals surface area contributed by atoms with Crippen LogP contribution in [0.15, 0.2) is 120 Å². The number of hydrogen-bond donors (Lipinski definition) is 0. The molecule has 0 bridgehead atoms. The number of nitrogens with zero attached hydrogens (tertiary/aromatic N) is 2. The number of hydrogen-bond acceptors (Lipinski definition) is 3. The molecule has 4 aromatic carbocycles. The number of pyridine rings is 2. The maximum absolute atomic E-state index is 6.25. The minimum atomic E-state index is -1.37. The first-order valence-electron chi connectivity index (χ1n) is 16.3. The molecule has 3 nitrogen and oxygen atoms in total. The van der Waals surface area contributed by atoms with Crippen molar-refractivity contribution < 1.29 is 24.5 Å². The van der Waals surface area contributed by atoms with Crippen LogP contribution in [0.4, 0.5) is 0 Å². The Balaban J connectivity index is 0.000000189. The van der Waals surface area contributed by atoms with Crippen molar-refractivity contribution in [1.82, 2.24) is 9.97 Å². The molecule has 7 rings (SSSR count). The molecule has 0 amide bonds. The van der Waals surface area contributed by atoms with E-state index in [4.69, 9.17) is 9.40 Å². The molecule has 0 aliphatic rings. The molecule has 1 radical (unpaired) electrons. The molecule has 0 N–H and O–H groups in total. The van der Waals surface area contributed by atoms with Crippen LogP contribution >= 0.6 is 0 Å². The largest absolute Gasteiger partial charge is 0.501 e. The van der Waals surface area contributed by atoms with Gasteiger partial charge in [-0.25, -0.2) is 0 Å². The van der Waals surface area contributed by atoms with E-state index in [1.807, 2.05) is 42.5 Å². The number of aromatic nitrogens is 2. The fourth-order valence-corrected chi connectivity index (χ4v) is 7.53. The van der Waals surface area contributed by atoms with E-state index in [-0.39, 0.29) is 25.5 Å². The summed E-state index contributed by atoms with van der Waals surface area (Å²) in [6.45, 7) is 16.2. The van der Waals surface area contributed by atoms with Crippen LogP contribution < -0.4 is 5.19 Å². The van der Waals surface area contributed by atoms with E-state index in [2.05, 4.69) is 131 Å². The fourth-order valence-electron chi connectivity index (χ4n) is 5.96. The monoisotopic (exact) mass is 823 g/mol. The Hall–Kier alpha value is -4.15. The summed E-state index contributed by atoms with van der Waals surface area (Å²) in [6, 6.07) is 41.7. The standard InChI is InChI=1S/C24H16NO.C19H26NSi.Ir/c1-16-8-10-17(11-9-16)18-12-13-19-20-5-4-6-21(22-7-2-3-14-25-22)24(20)26-23(19)15-18;1-19(2,3)13-16-12-17(15-10-8-7-9-11-15)20-14-18(16)21(4,5)6;/h2-5,7-15H,1H3;7-10,12,14H,13H2,1-6H3;/q2*-1;. The van der Waals surface area contributed by atoms with Crippen LogP contribution in [-0.4, -0.2) is 18.0 Å². The van der Waals surface area contributed by atoms with Crippen molar-refractivity contribution in [2.24, 2.45) is 5.41 Å². The molecule has 0 saturated carbocycles. The number of rotatable bonds is 5. The van der Waals surface area contributed by atoms with Gasteiger partial charge >= 0.3 is 0 Å². The second kappa shape index (κ2) is 14.5. The van der Waals surface area contributed by atoms with Gasteiger partial charge in [-0.05, 0) is 58.6 Å². The SMILES string of the molecule is CC(C)(C)Cc1cc(-c2[c-]cccc2)ncc1[Si](C)(C)C.Cc1ccc(-c2ccc3c(c2)oc2c(-c4ccccn4)[c-]ccc23)cc1.[Ir]. The van der Waals surface area contributed by atoms with Gasteiger partial charge in [-0.2, -0.15) is 0 Å². The Labute approximate surface area is 299 Å². The van der Waals surface area contributed by atoms with Gasteiger partial charge in [-0.1, -0.05) is 117 Å². The van der Waals surface area contributed by atoms with Crippen LogP contribution in [0.3, 0.4) is 0 Å². The van der Waals surface area contributed by atoms with Gasteiger partial charge in [0.1, 0.15) is 5.58 Å². The summed E-state index contributed by atoms with van der Waals surface area (Å²) in [4.78, 5) is 9.16. The van der Waals surface area contributed by atoms with E-state index in [0.29, 0.717) is 0 Å². The summed E-state index contributed by atoms with van der Waals surface area (Å²) in [7, 11) is -1.37. The van der Waals surface area contributed by atoms with Crippen LogP contribution in [0, 0.1) is 24.5 Å². The average molecular weight is 823 g/mol. The fraction of sp³-hybridized carbons (Fsp3) is 0.209. The average Bonchev–Trinajstić information content (AvgIpc) is 3.43. The van der Waals surface area contributed by atoms with Gasteiger partial charge in [-0.3, -0.25) is 0 Å². The molecule has 3 aromatic heterocycles. The van der Waals surface area contributed by atoms with Crippen molar-refractivity contribution in [3.63, 3.8) is 0 Å². The Morgan fingerprint density at radius 2 is 1.48 bits per heavy atom. The van der Waals surface area contributed by atoms with Crippen LogP contribution in [0.1, 0.15) is 31.9 Å². The number of fused-ring (bicyclic) bond motifs is 3. The summed E-state index contributed by atoms with van der Waals surface area (Å²) in [5, 5.41) is 3.69. The summed E-state index contributed by atoms with van der Waals surface area (Å²) in [5.41, 5.74) is 11.0. The second-order valence-corrected chi connectivity index (χ2v) is 19.5. The van der Waals surface area contributed by atoms with Crippen LogP contribution in [-0.2, 0) is 26.5 Å². The molecule has 0 saturated heterocycles. The quantitative estimate of drug-likeness (QED) is 0.128. The molecular formula is C43H42IrN2OSi-2. The number of aryl methyl sites for hydroxylation is 1. The van der Waals surface area contributed by atoms with Crippen molar-refractivity contribution in [2.45, 2.75) is 53.8 Å². The van der Waals surface area contributed by atoms with Crippen LogP contribution in [0.2, 0.25) is 19.6 Å². The van der Waals surface area contributed by atoms with E-state index in [9.17, 15) is 0 Å². The molecule has 5 heteroatoms. The Morgan fingerprint density at radius 1 is 0.729 bits per heavy atom. The van der Waals surface area contributed by atoms with E-state index in [1.165, 1.54) is 21.9 Å².